The first kappa shape index (κ1) is 39.3. The molecule has 0 radical (unpaired) electrons. The number of morpholine rings is 1. The van der Waals surface area contributed by atoms with Crippen LogP contribution in [0.5, 0.6) is 5.75 Å². The highest BCUT2D eigenvalue weighted by Crippen LogP contribution is 2.47. The van der Waals surface area contributed by atoms with Gasteiger partial charge in [-0.05, 0) is 119 Å². The number of benzene rings is 2. The second-order valence-electron chi connectivity index (χ2n) is 16.8. The fourth-order valence-electron chi connectivity index (χ4n) is 8.81. The minimum absolute atomic E-state index is 0.0596. The summed E-state index contributed by atoms with van der Waals surface area (Å²) in [6.07, 6.45) is 10.5. The third-order valence-corrected chi connectivity index (χ3v) is 14.0. The van der Waals surface area contributed by atoms with E-state index in [1.807, 2.05) is 18.2 Å². The van der Waals surface area contributed by atoms with E-state index in [9.17, 15) is 13.8 Å². The van der Waals surface area contributed by atoms with Gasteiger partial charge in [0.15, 0.2) is 0 Å². The van der Waals surface area contributed by atoms with E-state index in [1.165, 1.54) is 11.1 Å². The predicted molar refractivity (Wildman–Crippen MR) is 212 cm³/mol. The van der Waals surface area contributed by atoms with Gasteiger partial charge in [0.05, 0.1) is 47.9 Å². The molecule has 1 amide bonds. The number of aryl methyl sites for hydroxylation is 1. The van der Waals surface area contributed by atoms with Gasteiger partial charge in [-0.3, -0.25) is 14.5 Å². The van der Waals surface area contributed by atoms with E-state index in [1.54, 1.807) is 26.8 Å². The zero-order chi connectivity index (χ0) is 37.9. The molecule has 2 aliphatic carbocycles. The molecule has 294 valence electrons. The maximum Gasteiger partial charge on any atom is 0.320 e. The molecule has 3 aliphatic heterocycles. The number of halogens is 1. The van der Waals surface area contributed by atoms with Crippen molar-refractivity contribution in [3.63, 3.8) is 0 Å². The molecule has 0 aromatic heterocycles. The van der Waals surface area contributed by atoms with Crippen LogP contribution in [0.1, 0.15) is 80.8 Å². The van der Waals surface area contributed by atoms with Crippen LogP contribution < -0.4 is 9.64 Å². The molecule has 2 fully saturated rings. The summed E-state index contributed by atoms with van der Waals surface area (Å²) < 4.78 is 43.2. The van der Waals surface area contributed by atoms with E-state index in [4.69, 9.17) is 30.5 Å². The first-order valence-electron chi connectivity index (χ1n) is 19.8. The van der Waals surface area contributed by atoms with Crippen LogP contribution in [-0.2, 0) is 40.6 Å². The zero-order valence-electron chi connectivity index (χ0n) is 32.1. The molecule has 12 heteroatoms. The Hall–Kier alpha value is -2.96. The summed E-state index contributed by atoms with van der Waals surface area (Å²) in [7, 11) is -3.27. The Morgan fingerprint density at radius 1 is 1.11 bits per heavy atom. The van der Waals surface area contributed by atoms with Gasteiger partial charge in [0.2, 0.25) is 0 Å². The van der Waals surface area contributed by atoms with Crippen molar-refractivity contribution in [3.05, 3.63) is 70.3 Å². The average Bonchev–Trinajstić information content (AvgIpc) is 3.25. The van der Waals surface area contributed by atoms with Gasteiger partial charge in [-0.1, -0.05) is 29.8 Å². The summed E-state index contributed by atoms with van der Waals surface area (Å²) in [5, 5.41) is 0.744. The summed E-state index contributed by atoms with van der Waals surface area (Å²) in [5.41, 5.74) is 2.70. The summed E-state index contributed by atoms with van der Waals surface area (Å²) >= 11 is 6.49. The standard InChI is InChI=1S/C42H56ClN3O7S/c1-41(2,3)53-39(47)27-54(49)23-6-4-5-9-37(51-22-19-45-17-20-50-21-18-45)34-13-10-32(34)26-46-28-42(16-7-8-30-24-33(43)12-14-35(30)42)29-52-38-15-11-31(25-36(38)46)40(48)44-54/h5,9,11-12,14-15,24-25,32,34,37H,4,6-8,10,13,16-23,26-29H2,1-3H3/b9-5+/t32-,34+,37-,42-,54-/m0/s1. The van der Waals surface area contributed by atoms with Crippen molar-refractivity contribution in [2.45, 2.75) is 82.8 Å². The van der Waals surface area contributed by atoms with Gasteiger partial charge >= 0.3 is 5.97 Å². The number of nitrogens with zero attached hydrogens (tertiary/aromatic N) is 3. The van der Waals surface area contributed by atoms with Gasteiger partial charge in [-0.2, -0.15) is 4.36 Å². The number of fused-ring (bicyclic) bond motifs is 4. The SMILES string of the molecule is CC(C)(C)OC(=O)C[S@]1(=O)=NC(=O)c2ccc3c(c2)N(C[C@@H]2CC[C@H]2[C@@H](OCCN2CCOCC2)/C=C/CCC1)C[C@@]1(CCCc2cc(Cl)ccc21)CO3. The highest BCUT2D eigenvalue weighted by molar-refractivity contribution is 7.94. The molecule has 5 aliphatic rings. The number of rotatable bonds is 6. The number of hydrogen-bond donors (Lipinski definition) is 0. The van der Waals surface area contributed by atoms with Crippen molar-refractivity contribution in [1.82, 2.24) is 4.90 Å². The predicted octanol–water partition coefficient (Wildman–Crippen LogP) is 6.86. The van der Waals surface area contributed by atoms with Crippen LogP contribution in [0.4, 0.5) is 5.69 Å². The van der Waals surface area contributed by atoms with Gasteiger partial charge < -0.3 is 23.8 Å². The Morgan fingerprint density at radius 3 is 2.72 bits per heavy atom. The van der Waals surface area contributed by atoms with Crippen molar-refractivity contribution in [2.75, 3.05) is 75.6 Å². The average molecular weight is 782 g/mol. The van der Waals surface area contributed by atoms with Gasteiger partial charge in [0.25, 0.3) is 5.91 Å². The fraction of sp³-hybridized carbons (Fsp3) is 0.619. The lowest BCUT2D eigenvalue weighted by molar-refractivity contribution is -0.151. The molecule has 3 heterocycles. The minimum atomic E-state index is -3.27. The number of ether oxygens (including phenoxy) is 4. The van der Waals surface area contributed by atoms with Crippen molar-refractivity contribution in [2.24, 2.45) is 16.2 Å². The summed E-state index contributed by atoms with van der Waals surface area (Å²) in [6.45, 7) is 12.2. The fourth-order valence-corrected chi connectivity index (χ4v) is 10.8. The second kappa shape index (κ2) is 16.6. The molecule has 7 rings (SSSR count). The molecule has 10 nitrogen and oxygen atoms in total. The molecule has 2 bridgehead atoms. The monoisotopic (exact) mass is 781 g/mol. The van der Waals surface area contributed by atoms with Crippen LogP contribution in [-0.4, -0.2) is 103 Å². The molecule has 2 aromatic rings. The number of allylic oxidation sites excluding steroid dienone is 1. The Bertz CT molecular complexity index is 1850. The van der Waals surface area contributed by atoms with E-state index in [0.29, 0.717) is 49.2 Å². The van der Waals surface area contributed by atoms with Crippen LogP contribution in [0.2, 0.25) is 5.02 Å². The summed E-state index contributed by atoms with van der Waals surface area (Å²) in [4.78, 5) is 31.7. The number of hydrogen-bond acceptors (Lipinski definition) is 9. The molecule has 2 aromatic carbocycles. The normalized spacial score (nSPS) is 29.8. The van der Waals surface area contributed by atoms with Crippen LogP contribution in [0.15, 0.2) is 52.9 Å². The first-order valence-corrected chi connectivity index (χ1v) is 22.0. The second-order valence-corrected chi connectivity index (χ2v) is 19.6. The molecule has 0 unspecified atom stereocenters. The smallest absolute Gasteiger partial charge is 0.320 e. The summed E-state index contributed by atoms with van der Waals surface area (Å²) in [6, 6.07) is 11.7. The van der Waals surface area contributed by atoms with E-state index < -0.39 is 33.0 Å². The van der Waals surface area contributed by atoms with Crippen LogP contribution in [0.25, 0.3) is 0 Å². The Labute approximate surface area is 326 Å². The molecular formula is C42H56ClN3O7S. The van der Waals surface area contributed by atoms with Gasteiger partial charge in [0.1, 0.15) is 17.1 Å². The van der Waals surface area contributed by atoms with Crippen molar-refractivity contribution < 1.29 is 32.7 Å². The van der Waals surface area contributed by atoms with Crippen molar-refractivity contribution in [3.8, 4) is 5.75 Å². The van der Waals surface area contributed by atoms with E-state index in [2.05, 4.69) is 38.4 Å². The summed E-state index contributed by atoms with van der Waals surface area (Å²) in [5.74, 6) is -0.138. The minimum Gasteiger partial charge on any atom is -0.490 e. The van der Waals surface area contributed by atoms with Crippen LogP contribution in [0, 0.1) is 11.8 Å². The van der Waals surface area contributed by atoms with Crippen LogP contribution in [0.3, 0.4) is 0 Å². The maximum atomic E-state index is 14.4. The Kier molecular flexibility index (Phi) is 12.1. The zero-order valence-corrected chi connectivity index (χ0v) is 33.6. The van der Waals surface area contributed by atoms with Gasteiger partial charge in [0, 0.05) is 54.5 Å². The Morgan fingerprint density at radius 2 is 1.94 bits per heavy atom. The lowest BCUT2D eigenvalue weighted by Crippen LogP contribution is -2.50. The molecule has 1 spiro atoms. The third-order valence-electron chi connectivity index (χ3n) is 11.6. The highest BCUT2D eigenvalue weighted by Gasteiger charge is 2.44. The number of carbonyl (C=O) groups excluding carboxylic acids is 2. The molecule has 1 saturated heterocycles. The van der Waals surface area contributed by atoms with Crippen LogP contribution >= 0.6 is 11.6 Å². The van der Waals surface area contributed by atoms with E-state index in [0.717, 1.165) is 88.8 Å². The topological polar surface area (TPSA) is 107 Å². The quantitative estimate of drug-likeness (QED) is 0.230. The lowest BCUT2D eigenvalue weighted by Gasteiger charge is -2.46. The van der Waals surface area contributed by atoms with E-state index in [-0.39, 0.29) is 17.3 Å². The number of amides is 1. The Balaban J connectivity index is 1.24. The molecule has 1 saturated carbocycles. The molecule has 0 N–H and O–H groups in total. The lowest BCUT2D eigenvalue weighted by atomic mass is 9.68. The number of esters is 1. The number of carbonyl (C=O) groups is 2. The molecular weight excluding hydrogens is 726 g/mol. The van der Waals surface area contributed by atoms with E-state index >= 15 is 0 Å². The highest BCUT2D eigenvalue weighted by atomic mass is 35.5. The van der Waals surface area contributed by atoms with Gasteiger partial charge in [-0.25, -0.2) is 4.21 Å². The third kappa shape index (κ3) is 9.35. The largest absolute Gasteiger partial charge is 0.490 e. The van der Waals surface area contributed by atoms with Gasteiger partial charge in [-0.15, -0.1) is 0 Å². The number of anilines is 1. The first-order chi connectivity index (χ1) is 25.9. The van der Waals surface area contributed by atoms with Crippen molar-refractivity contribution in [1.29, 1.82) is 0 Å². The molecule has 5 atom stereocenters. The maximum absolute atomic E-state index is 14.4. The molecule has 54 heavy (non-hydrogen) atoms. The van der Waals surface area contributed by atoms with Crippen molar-refractivity contribution >= 4 is 38.9 Å².